The molecule has 0 saturated carbocycles. The predicted molar refractivity (Wildman–Crippen MR) is 139 cm³/mol. The molecule has 6 N–H and O–H groups in total. The molecular formula is C28H31N3O8. The number of carbonyl (C=O) groups is 3. The molecule has 0 aliphatic heterocycles. The highest BCUT2D eigenvalue weighted by Gasteiger charge is 2.63. The normalized spacial score (nSPS) is 26.7. The number of allylic oxidation sites excluding steroid dienone is 1. The van der Waals surface area contributed by atoms with Gasteiger partial charge in [-0.15, -0.1) is 0 Å². The molecule has 0 saturated heterocycles. The second-order valence-electron chi connectivity index (χ2n) is 11.0. The molecule has 0 radical (unpaired) electrons. The topological polar surface area (TPSA) is 178 Å². The van der Waals surface area contributed by atoms with Crippen LogP contribution in [0.4, 0.5) is 0 Å². The molecule has 1 aromatic carbocycles. The number of ketones is 2. The van der Waals surface area contributed by atoms with E-state index >= 15 is 0 Å². The van der Waals surface area contributed by atoms with Crippen LogP contribution in [-0.2, 0) is 22.6 Å². The number of benzene rings is 1. The Bertz CT molecular complexity index is 1480. The maximum absolute atomic E-state index is 13.8. The number of rotatable bonds is 5. The Balaban J connectivity index is 1.67. The van der Waals surface area contributed by atoms with Crippen LogP contribution in [0.3, 0.4) is 0 Å². The number of aromatic hydroxyl groups is 1. The molecule has 206 valence electrons. The number of nitrogens with two attached hydrogens (primary N) is 1. The number of fused-ring (bicyclic) bond motifs is 3. The Morgan fingerprint density at radius 3 is 2.41 bits per heavy atom. The van der Waals surface area contributed by atoms with Crippen molar-refractivity contribution in [1.82, 2.24) is 9.80 Å². The first-order chi connectivity index (χ1) is 18.3. The minimum absolute atomic E-state index is 0.0187. The molecule has 11 nitrogen and oxygen atoms in total. The number of furan rings is 1. The van der Waals surface area contributed by atoms with Gasteiger partial charge in [-0.1, -0.05) is 0 Å². The number of primary amides is 1. The van der Waals surface area contributed by atoms with Crippen molar-refractivity contribution in [3.63, 3.8) is 0 Å². The molecular weight excluding hydrogens is 506 g/mol. The highest BCUT2D eigenvalue weighted by molar-refractivity contribution is 6.24. The fourth-order valence-electron chi connectivity index (χ4n) is 6.40. The smallest absolute Gasteiger partial charge is 0.255 e. The number of likely N-dealkylation sites (N-methyl/N-ethyl adjacent to an activating group) is 1. The van der Waals surface area contributed by atoms with Crippen molar-refractivity contribution in [3.8, 4) is 17.1 Å². The molecule has 2 aromatic rings. The van der Waals surface area contributed by atoms with Crippen molar-refractivity contribution in [2.75, 3.05) is 28.2 Å². The Labute approximate surface area is 224 Å². The minimum atomic E-state index is -2.67. The maximum atomic E-state index is 13.8. The number of hydrogen-bond donors (Lipinski definition) is 5. The molecule has 4 atom stereocenters. The van der Waals surface area contributed by atoms with Crippen molar-refractivity contribution in [2.45, 2.75) is 31.0 Å². The van der Waals surface area contributed by atoms with Gasteiger partial charge in [-0.3, -0.25) is 19.3 Å². The molecule has 0 fully saturated rings. The summed E-state index contributed by atoms with van der Waals surface area (Å²) in [5, 5.41) is 44.7. The van der Waals surface area contributed by atoms with E-state index in [4.69, 9.17) is 10.2 Å². The van der Waals surface area contributed by atoms with Crippen LogP contribution in [0.15, 0.2) is 51.3 Å². The largest absolute Gasteiger partial charge is 0.510 e. The number of Topliss-reactive ketones (excluding diaryl/α,β-unsaturated/α-hetero) is 2. The molecule has 0 bridgehead atoms. The van der Waals surface area contributed by atoms with E-state index in [1.165, 1.54) is 11.0 Å². The van der Waals surface area contributed by atoms with Gasteiger partial charge < -0.3 is 35.5 Å². The lowest BCUT2D eigenvalue weighted by Crippen LogP contribution is -2.63. The van der Waals surface area contributed by atoms with Gasteiger partial charge in [0.25, 0.3) is 5.91 Å². The molecule has 1 amide bonds. The van der Waals surface area contributed by atoms with E-state index in [-0.39, 0.29) is 29.7 Å². The standard InChI is InChI=1S/C28H31N3O8/c1-30(2)11-13-5-8-18(39-13)14-6-7-17(32)20-15(14)9-12-10-16-22(31(3)4)24(34)21(27(29)37)26(36)28(16,38)25(35)19(12)23(20)33/h5-8,12,16,22,32,34-35,38H,9-11H2,1-4H3,(H2,29,37)/t12-,16-,22?,28-/m1/s1. The molecule has 1 heterocycles. The second-order valence-corrected chi connectivity index (χ2v) is 11.0. The number of aliphatic hydroxyl groups excluding tert-OH is 2. The van der Waals surface area contributed by atoms with E-state index in [1.54, 1.807) is 26.2 Å². The summed E-state index contributed by atoms with van der Waals surface area (Å²) in [7, 11) is 6.99. The van der Waals surface area contributed by atoms with Crippen LogP contribution in [-0.4, -0.2) is 87.5 Å². The van der Waals surface area contributed by atoms with Gasteiger partial charge >= 0.3 is 0 Å². The van der Waals surface area contributed by atoms with Gasteiger partial charge in [-0.2, -0.15) is 0 Å². The highest BCUT2D eigenvalue weighted by atomic mass is 16.4. The Morgan fingerprint density at radius 2 is 1.79 bits per heavy atom. The zero-order valence-electron chi connectivity index (χ0n) is 22.1. The third kappa shape index (κ3) is 3.80. The first kappa shape index (κ1) is 26.7. The van der Waals surface area contributed by atoms with E-state index in [0.717, 1.165) is 0 Å². The van der Waals surface area contributed by atoms with Gasteiger partial charge in [0.2, 0.25) is 5.78 Å². The summed E-state index contributed by atoms with van der Waals surface area (Å²) in [6.07, 6.45) is 0.201. The molecule has 3 aliphatic rings. The highest BCUT2D eigenvalue weighted by Crippen LogP contribution is 2.53. The van der Waals surface area contributed by atoms with Crippen molar-refractivity contribution in [1.29, 1.82) is 0 Å². The number of nitrogens with zero attached hydrogens (tertiary/aromatic N) is 2. The molecule has 1 unspecified atom stereocenters. The van der Waals surface area contributed by atoms with Crippen molar-refractivity contribution in [2.24, 2.45) is 17.6 Å². The van der Waals surface area contributed by atoms with Crippen LogP contribution in [0.5, 0.6) is 5.75 Å². The van der Waals surface area contributed by atoms with E-state index in [0.29, 0.717) is 29.2 Å². The van der Waals surface area contributed by atoms with Gasteiger partial charge in [-0.25, -0.2) is 0 Å². The summed E-state index contributed by atoms with van der Waals surface area (Å²) in [4.78, 5) is 42.8. The third-order valence-corrected chi connectivity index (χ3v) is 8.01. The van der Waals surface area contributed by atoms with E-state index in [9.17, 15) is 34.8 Å². The lowest BCUT2D eigenvalue weighted by molar-refractivity contribution is -0.148. The average molecular weight is 538 g/mol. The van der Waals surface area contributed by atoms with Crippen LogP contribution < -0.4 is 5.73 Å². The fraction of sp³-hybridized carbons (Fsp3) is 0.393. The fourth-order valence-corrected chi connectivity index (χ4v) is 6.40. The lowest BCUT2D eigenvalue weighted by atomic mass is 9.58. The van der Waals surface area contributed by atoms with E-state index in [2.05, 4.69) is 0 Å². The Kier molecular flexibility index (Phi) is 6.21. The molecule has 11 heteroatoms. The third-order valence-electron chi connectivity index (χ3n) is 8.01. The summed E-state index contributed by atoms with van der Waals surface area (Å²) in [6, 6.07) is 5.59. The minimum Gasteiger partial charge on any atom is -0.510 e. The summed E-state index contributed by atoms with van der Waals surface area (Å²) >= 11 is 0. The Hall–Kier alpha value is -3.93. The molecule has 5 rings (SSSR count). The van der Waals surface area contributed by atoms with Gasteiger partial charge in [0.1, 0.15) is 34.4 Å². The summed E-state index contributed by atoms with van der Waals surface area (Å²) < 4.78 is 6.02. The first-order valence-corrected chi connectivity index (χ1v) is 12.5. The molecule has 1 aromatic heterocycles. The molecule has 0 spiro atoms. The number of amides is 1. The summed E-state index contributed by atoms with van der Waals surface area (Å²) in [5.74, 6) is -5.60. The van der Waals surface area contributed by atoms with Crippen LogP contribution in [0.25, 0.3) is 11.3 Å². The van der Waals surface area contributed by atoms with Crippen LogP contribution in [0.1, 0.15) is 28.1 Å². The lowest BCUT2D eigenvalue weighted by Gasteiger charge is -2.50. The number of phenols is 1. The van der Waals surface area contributed by atoms with Gasteiger partial charge in [-0.05, 0) is 76.8 Å². The second kappa shape index (κ2) is 9.08. The van der Waals surface area contributed by atoms with Crippen molar-refractivity contribution >= 4 is 17.5 Å². The van der Waals surface area contributed by atoms with Crippen LogP contribution in [0.2, 0.25) is 0 Å². The van der Waals surface area contributed by atoms with E-state index < -0.39 is 58.0 Å². The SMILES string of the molecule is CN(C)Cc1ccc(-c2ccc(O)c3c2C[C@@H]2C[C@@H]4C(N(C)C)C(O)=C(C(N)=O)C(=O)[C@]4(O)C(O)=C2C3=O)o1. The number of hydrogen-bond acceptors (Lipinski definition) is 10. The number of phenolic OH excluding ortho intramolecular Hbond substituents is 1. The number of aliphatic hydroxyl groups is 3. The van der Waals surface area contributed by atoms with E-state index in [1.807, 2.05) is 25.1 Å². The van der Waals surface area contributed by atoms with Gasteiger partial charge in [0.15, 0.2) is 11.4 Å². The van der Waals surface area contributed by atoms with Crippen molar-refractivity contribution < 1.29 is 39.2 Å². The van der Waals surface area contributed by atoms with Gasteiger partial charge in [0.05, 0.1) is 18.2 Å². The molecule has 39 heavy (non-hydrogen) atoms. The summed E-state index contributed by atoms with van der Waals surface area (Å²) in [6.45, 7) is 0.563. The van der Waals surface area contributed by atoms with Gasteiger partial charge in [0, 0.05) is 17.1 Å². The predicted octanol–water partition coefficient (Wildman–Crippen LogP) is 1.44. The zero-order valence-corrected chi connectivity index (χ0v) is 22.1. The monoisotopic (exact) mass is 537 g/mol. The average Bonchev–Trinajstić information content (AvgIpc) is 3.28. The Morgan fingerprint density at radius 1 is 1.10 bits per heavy atom. The molecule has 3 aliphatic carbocycles. The summed E-state index contributed by atoms with van der Waals surface area (Å²) in [5.41, 5.74) is 2.72. The maximum Gasteiger partial charge on any atom is 0.255 e. The number of carbonyl (C=O) groups excluding carboxylic acids is 3. The first-order valence-electron chi connectivity index (χ1n) is 12.5. The van der Waals surface area contributed by atoms with Crippen molar-refractivity contribution in [3.05, 3.63) is 63.8 Å². The van der Waals surface area contributed by atoms with Crippen LogP contribution in [0, 0.1) is 11.8 Å². The zero-order chi connectivity index (χ0) is 28.5. The van der Waals surface area contributed by atoms with Crippen LogP contribution >= 0.6 is 0 Å². The quantitative estimate of drug-likeness (QED) is 0.351.